The molecule has 7 heteroatoms. The maximum Gasteiger partial charge on any atom is 0.243 e. The summed E-state index contributed by atoms with van der Waals surface area (Å²) in [5, 5.41) is 0. The molecule has 0 fully saturated rings. The molecule has 0 amide bonds. The van der Waals surface area contributed by atoms with Crippen LogP contribution in [0.25, 0.3) is 0 Å². The Morgan fingerprint density at radius 1 is 1.31 bits per heavy atom. The standard InChI is InChI=1S/C9H12F2N2O2S/c1-6-4-8(11)9(5-7(6)10)16(14,15)13-3-2-12/h4-5,13H,2-3,12H2,1H3. The minimum Gasteiger partial charge on any atom is -0.329 e. The highest BCUT2D eigenvalue weighted by atomic mass is 32.2. The van der Waals surface area contributed by atoms with Gasteiger partial charge in [0, 0.05) is 13.1 Å². The molecule has 0 spiro atoms. The predicted molar refractivity (Wildman–Crippen MR) is 55.3 cm³/mol. The number of sulfonamides is 1. The summed E-state index contributed by atoms with van der Waals surface area (Å²) in [6.07, 6.45) is 0. The van der Waals surface area contributed by atoms with Crippen LogP contribution in [0, 0.1) is 18.6 Å². The molecular weight excluding hydrogens is 238 g/mol. The second-order valence-electron chi connectivity index (χ2n) is 3.22. The molecule has 0 aliphatic rings. The van der Waals surface area contributed by atoms with Gasteiger partial charge in [-0.15, -0.1) is 0 Å². The third-order valence-electron chi connectivity index (χ3n) is 1.94. The summed E-state index contributed by atoms with van der Waals surface area (Å²) in [6, 6.07) is 1.50. The van der Waals surface area contributed by atoms with Crippen LogP contribution in [0.5, 0.6) is 0 Å². The van der Waals surface area contributed by atoms with E-state index in [1.807, 2.05) is 0 Å². The molecule has 0 atom stereocenters. The number of aryl methyl sites for hydroxylation is 1. The lowest BCUT2D eigenvalue weighted by Gasteiger charge is -2.07. The third kappa shape index (κ3) is 2.75. The van der Waals surface area contributed by atoms with E-state index in [1.54, 1.807) is 0 Å². The normalized spacial score (nSPS) is 11.8. The van der Waals surface area contributed by atoms with E-state index in [0.29, 0.717) is 6.07 Å². The molecule has 1 rings (SSSR count). The Labute approximate surface area is 92.5 Å². The Bertz CT molecular complexity index is 489. The minimum atomic E-state index is -4.04. The monoisotopic (exact) mass is 250 g/mol. The van der Waals surface area contributed by atoms with Gasteiger partial charge in [0.25, 0.3) is 0 Å². The van der Waals surface area contributed by atoms with Crippen LogP contribution in [-0.2, 0) is 10.0 Å². The lowest BCUT2D eigenvalue weighted by atomic mass is 10.2. The van der Waals surface area contributed by atoms with Gasteiger partial charge in [0.15, 0.2) is 0 Å². The van der Waals surface area contributed by atoms with Crippen molar-refractivity contribution in [1.29, 1.82) is 0 Å². The summed E-state index contributed by atoms with van der Waals surface area (Å²) in [4.78, 5) is -0.705. The molecule has 0 saturated carbocycles. The van der Waals surface area contributed by atoms with Crippen molar-refractivity contribution in [1.82, 2.24) is 4.72 Å². The van der Waals surface area contributed by atoms with E-state index in [1.165, 1.54) is 6.92 Å². The first-order valence-electron chi connectivity index (χ1n) is 4.54. The molecule has 1 aromatic rings. The maximum absolute atomic E-state index is 13.3. The van der Waals surface area contributed by atoms with Gasteiger partial charge in [-0.3, -0.25) is 0 Å². The first-order chi connectivity index (χ1) is 7.38. The van der Waals surface area contributed by atoms with Gasteiger partial charge in [0.05, 0.1) is 0 Å². The molecule has 0 aliphatic carbocycles. The quantitative estimate of drug-likeness (QED) is 0.817. The van der Waals surface area contributed by atoms with Gasteiger partial charge in [0.2, 0.25) is 10.0 Å². The van der Waals surface area contributed by atoms with Gasteiger partial charge in [-0.2, -0.15) is 0 Å². The van der Waals surface area contributed by atoms with Crippen molar-refractivity contribution in [2.45, 2.75) is 11.8 Å². The van der Waals surface area contributed by atoms with Gasteiger partial charge in [-0.1, -0.05) is 0 Å². The summed E-state index contributed by atoms with van der Waals surface area (Å²) in [7, 11) is -4.04. The summed E-state index contributed by atoms with van der Waals surface area (Å²) in [6.45, 7) is 1.40. The Hall–Kier alpha value is -1.05. The molecule has 0 aliphatic heterocycles. The Balaban J connectivity index is 3.18. The summed E-state index contributed by atoms with van der Waals surface area (Å²) < 4.78 is 51.5. The lowest BCUT2D eigenvalue weighted by molar-refractivity contribution is 0.543. The molecule has 0 heterocycles. The van der Waals surface area contributed by atoms with Crippen LogP contribution in [0.3, 0.4) is 0 Å². The van der Waals surface area contributed by atoms with Crippen LogP contribution in [0.15, 0.2) is 17.0 Å². The number of nitrogens with one attached hydrogen (secondary N) is 1. The molecule has 0 saturated heterocycles. The highest BCUT2D eigenvalue weighted by Crippen LogP contribution is 2.18. The van der Waals surface area contributed by atoms with Crippen LogP contribution in [0.2, 0.25) is 0 Å². The molecule has 0 radical (unpaired) electrons. The number of hydrogen-bond donors (Lipinski definition) is 2. The smallest absolute Gasteiger partial charge is 0.243 e. The average Bonchev–Trinajstić information content (AvgIpc) is 2.20. The largest absolute Gasteiger partial charge is 0.329 e. The highest BCUT2D eigenvalue weighted by Gasteiger charge is 2.20. The van der Waals surface area contributed by atoms with E-state index < -0.39 is 26.6 Å². The molecule has 1 aromatic carbocycles. The second kappa shape index (κ2) is 4.86. The van der Waals surface area contributed by atoms with Crippen molar-refractivity contribution in [3.63, 3.8) is 0 Å². The van der Waals surface area contributed by atoms with E-state index in [0.717, 1.165) is 6.07 Å². The zero-order valence-corrected chi connectivity index (χ0v) is 9.44. The third-order valence-corrected chi connectivity index (χ3v) is 3.42. The fraction of sp³-hybridized carbons (Fsp3) is 0.333. The predicted octanol–water partition coefficient (Wildman–Crippen LogP) is 0.510. The fourth-order valence-corrected chi connectivity index (χ4v) is 2.22. The summed E-state index contributed by atoms with van der Waals surface area (Å²) in [5.74, 6) is -1.75. The van der Waals surface area contributed by atoms with Gasteiger partial charge >= 0.3 is 0 Å². The number of nitrogens with two attached hydrogens (primary N) is 1. The highest BCUT2D eigenvalue weighted by molar-refractivity contribution is 7.89. The Morgan fingerprint density at radius 3 is 2.50 bits per heavy atom. The van der Waals surface area contributed by atoms with Gasteiger partial charge < -0.3 is 5.73 Å². The van der Waals surface area contributed by atoms with Crippen LogP contribution in [0.1, 0.15) is 5.56 Å². The average molecular weight is 250 g/mol. The number of benzene rings is 1. The molecule has 4 nitrogen and oxygen atoms in total. The van der Waals surface area contributed by atoms with E-state index in [9.17, 15) is 17.2 Å². The molecule has 0 bridgehead atoms. The van der Waals surface area contributed by atoms with Crippen LogP contribution in [-0.4, -0.2) is 21.5 Å². The van der Waals surface area contributed by atoms with E-state index in [-0.39, 0.29) is 18.7 Å². The molecule has 16 heavy (non-hydrogen) atoms. The topological polar surface area (TPSA) is 72.2 Å². The van der Waals surface area contributed by atoms with Gasteiger partial charge in [-0.05, 0) is 24.6 Å². The Kier molecular flexibility index (Phi) is 3.95. The molecular formula is C9H12F2N2O2S. The van der Waals surface area contributed by atoms with Gasteiger partial charge in [0.1, 0.15) is 16.5 Å². The number of rotatable bonds is 4. The van der Waals surface area contributed by atoms with Gasteiger partial charge in [-0.25, -0.2) is 21.9 Å². The molecule has 3 N–H and O–H groups in total. The van der Waals surface area contributed by atoms with Crippen molar-refractivity contribution in [3.05, 3.63) is 29.3 Å². The van der Waals surface area contributed by atoms with Crippen molar-refractivity contribution in [2.75, 3.05) is 13.1 Å². The first-order valence-corrected chi connectivity index (χ1v) is 6.02. The number of hydrogen-bond acceptors (Lipinski definition) is 3. The van der Waals surface area contributed by atoms with E-state index in [4.69, 9.17) is 5.73 Å². The Morgan fingerprint density at radius 2 is 1.94 bits per heavy atom. The van der Waals surface area contributed by atoms with Crippen molar-refractivity contribution in [2.24, 2.45) is 5.73 Å². The summed E-state index contributed by atoms with van der Waals surface area (Å²) >= 11 is 0. The lowest BCUT2D eigenvalue weighted by Crippen LogP contribution is -2.29. The SMILES string of the molecule is Cc1cc(F)c(S(=O)(=O)NCCN)cc1F. The van der Waals surface area contributed by atoms with E-state index >= 15 is 0 Å². The molecule has 0 unspecified atom stereocenters. The maximum atomic E-state index is 13.3. The minimum absolute atomic E-state index is 0.0305. The zero-order chi connectivity index (χ0) is 12.3. The second-order valence-corrected chi connectivity index (χ2v) is 4.95. The van der Waals surface area contributed by atoms with Crippen LogP contribution < -0.4 is 10.5 Å². The molecule has 0 aromatic heterocycles. The van der Waals surface area contributed by atoms with Crippen molar-refractivity contribution < 1.29 is 17.2 Å². The van der Waals surface area contributed by atoms with Crippen molar-refractivity contribution >= 4 is 10.0 Å². The van der Waals surface area contributed by atoms with E-state index in [2.05, 4.69) is 4.72 Å². The summed E-state index contributed by atoms with van der Waals surface area (Å²) in [5.41, 5.74) is 5.16. The van der Waals surface area contributed by atoms with Crippen LogP contribution >= 0.6 is 0 Å². The fourth-order valence-electron chi connectivity index (χ4n) is 1.11. The van der Waals surface area contributed by atoms with Crippen molar-refractivity contribution in [3.8, 4) is 0 Å². The zero-order valence-electron chi connectivity index (χ0n) is 8.63. The van der Waals surface area contributed by atoms with Crippen LogP contribution in [0.4, 0.5) is 8.78 Å². The molecule has 90 valence electrons. The number of halogens is 2. The first kappa shape index (κ1) is 13.0.